The Hall–Kier alpha value is -1.91. The quantitative estimate of drug-likeness (QED) is 0.607. The summed E-state index contributed by atoms with van der Waals surface area (Å²) in [6, 6.07) is 10.3. The first kappa shape index (κ1) is 16.5. The van der Waals surface area contributed by atoms with Gasteiger partial charge in [-0.1, -0.05) is 41.4 Å². The molecule has 0 heterocycles. The molecule has 0 N–H and O–H groups in total. The standard InChI is InChI=1S/C16H11Cl2FO3/c17-11-5-6-13(18)12(8-11)15(20)9-22-16(21)7-10-3-1-2-4-14(10)19/h1-6,8H,7,9H2. The Morgan fingerprint density at radius 3 is 2.55 bits per heavy atom. The first-order chi connectivity index (χ1) is 10.5. The van der Waals surface area contributed by atoms with Crippen LogP contribution in [0.5, 0.6) is 0 Å². The van der Waals surface area contributed by atoms with Crippen LogP contribution in [-0.4, -0.2) is 18.4 Å². The van der Waals surface area contributed by atoms with Gasteiger partial charge in [0.05, 0.1) is 11.4 Å². The predicted octanol–water partition coefficient (Wildman–Crippen LogP) is 4.10. The zero-order valence-corrected chi connectivity index (χ0v) is 12.8. The van der Waals surface area contributed by atoms with E-state index in [9.17, 15) is 14.0 Å². The number of rotatable bonds is 5. The number of Topliss-reactive ketones (excluding diaryl/α,β-unsaturated/α-hetero) is 1. The van der Waals surface area contributed by atoms with Crippen molar-refractivity contribution in [3.8, 4) is 0 Å². The first-order valence-electron chi connectivity index (χ1n) is 6.34. The average molecular weight is 341 g/mol. The van der Waals surface area contributed by atoms with E-state index in [1.165, 1.54) is 30.3 Å². The van der Waals surface area contributed by atoms with Crippen molar-refractivity contribution in [3.05, 3.63) is 69.5 Å². The molecule has 2 aromatic rings. The Bertz CT molecular complexity index is 716. The van der Waals surface area contributed by atoms with Crippen LogP contribution in [0.4, 0.5) is 4.39 Å². The van der Waals surface area contributed by atoms with Crippen LogP contribution in [-0.2, 0) is 16.0 Å². The predicted molar refractivity (Wildman–Crippen MR) is 81.9 cm³/mol. The fourth-order valence-corrected chi connectivity index (χ4v) is 2.18. The SMILES string of the molecule is O=C(Cc1ccccc1F)OCC(=O)c1cc(Cl)ccc1Cl. The molecule has 0 aromatic heterocycles. The van der Waals surface area contributed by atoms with Gasteiger partial charge in [0.25, 0.3) is 0 Å². The average Bonchev–Trinajstić information content (AvgIpc) is 2.49. The monoisotopic (exact) mass is 340 g/mol. The van der Waals surface area contributed by atoms with Crippen LogP contribution in [0.25, 0.3) is 0 Å². The largest absolute Gasteiger partial charge is 0.457 e. The third kappa shape index (κ3) is 4.29. The molecule has 3 nitrogen and oxygen atoms in total. The minimum absolute atomic E-state index is 0.174. The highest BCUT2D eigenvalue weighted by Crippen LogP contribution is 2.21. The van der Waals surface area contributed by atoms with Crippen LogP contribution in [0.15, 0.2) is 42.5 Å². The van der Waals surface area contributed by atoms with Crippen molar-refractivity contribution in [1.29, 1.82) is 0 Å². The summed E-state index contributed by atoms with van der Waals surface area (Å²) in [5, 5.41) is 0.574. The van der Waals surface area contributed by atoms with Crippen LogP contribution in [0.3, 0.4) is 0 Å². The van der Waals surface area contributed by atoms with Crippen molar-refractivity contribution in [3.63, 3.8) is 0 Å². The zero-order chi connectivity index (χ0) is 16.1. The van der Waals surface area contributed by atoms with Crippen LogP contribution in [0, 0.1) is 5.82 Å². The normalized spacial score (nSPS) is 10.3. The van der Waals surface area contributed by atoms with Crippen molar-refractivity contribution in [2.75, 3.05) is 6.61 Å². The molecule has 0 fully saturated rings. The summed E-state index contributed by atoms with van der Waals surface area (Å²) in [6.45, 7) is -0.479. The van der Waals surface area contributed by atoms with Gasteiger partial charge in [0, 0.05) is 10.6 Å². The molecular weight excluding hydrogens is 330 g/mol. The van der Waals surface area contributed by atoms with Gasteiger partial charge in [0.1, 0.15) is 5.82 Å². The molecule has 2 aromatic carbocycles. The lowest BCUT2D eigenvalue weighted by Crippen LogP contribution is -2.16. The van der Waals surface area contributed by atoms with E-state index in [1.54, 1.807) is 12.1 Å². The molecular formula is C16H11Cl2FO3. The smallest absolute Gasteiger partial charge is 0.310 e. The molecule has 0 saturated heterocycles. The molecule has 0 radical (unpaired) electrons. The van der Waals surface area contributed by atoms with Gasteiger partial charge in [0.15, 0.2) is 6.61 Å². The minimum Gasteiger partial charge on any atom is -0.457 e. The van der Waals surface area contributed by atoms with Crippen molar-refractivity contribution in [1.82, 2.24) is 0 Å². The molecule has 0 aliphatic carbocycles. The van der Waals surface area contributed by atoms with Gasteiger partial charge < -0.3 is 4.74 Å². The van der Waals surface area contributed by atoms with Crippen LogP contribution < -0.4 is 0 Å². The summed E-state index contributed by atoms with van der Waals surface area (Å²) in [4.78, 5) is 23.6. The fraction of sp³-hybridized carbons (Fsp3) is 0.125. The van der Waals surface area contributed by atoms with E-state index in [2.05, 4.69) is 0 Å². The molecule has 0 aliphatic heterocycles. The highest BCUT2D eigenvalue weighted by atomic mass is 35.5. The number of esters is 1. The van der Waals surface area contributed by atoms with Gasteiger partial charge in [-0.25, -0.2) is 4.39 Å². The summed E-state index contributed by atoms with van der Waals surface area (Å²) < 4.78 is 18.3. The van der Waals surface area contributed by atoms with E-state index in [1.807, 2.05) is 0 Å². The van der Waals surface area contributed by atoms with Crippen LogP contribution in [0.1, 0.15) is 15.9 Å². The Labute approximate surface area is 136 Å². The van der Waals surface area contributed by atoms with Gasteiger partial charge in [-0.15, -0.1) is 0 Å². The van der Waals surface area contributed by atoms with Crippen molar-refractivity contribution in [2.24, 2.45) is 0 Å². The van der Waals surface area contributed by atoms with Crippen molar-refractivity contribution >= 4 is 35.0 Å². The number of halogens is 3. The Morgan fingerprint density at radius 1 is 1.09 bits per heavy atom. The maximum absolute atomic E-state index is 13.4. The molecule has 22 heavy (non-hydrogen) atoms. The fourth-order valence-electron chi connectivity index (χ4n) is 1.78. The van der Waals surface area contributed by atoms with Gasteiger partial charge in [-0.3, -0.25) is 9.59 Å². The van der Waals surface area contributed by atoms with Gasteiger partial charge in [-0.05, 0) is 29.8 Å². The van der Waals surface area contributed by atoms with Crippen molar-refractivity contribution < 1.29 is 18.7 Å². The topological polar surface area (TPSA) is 43.4 Å². The maximum Gasteiger partial charge on any atom is 0.310 e. The van der Waals surface area contributed by atoms with E-state index in [0.29, 0.717) is 5.02 Å². The van der Waals surface area contributed by atoms with Crippen LogP contribution in [0.2, 0.25) is 10.0 Å². The van der Waals surface area contributed by atoms with E-state index >= 15 is 0 Å². The number of ketones is 1. The molecule has 0 aliphatic rings. The Morgan fingerprint density at radius 2 is 1.82 bits per heavy atom. The number of benzene rings is 2. The van der Waals surface area contributed by atoms with E-state index in [0.717, 1.165) is 0 Å². The van der Waals surface area contributed by atoms with Crippen molar-refractivity contribution in [2.45, 2.75) is 6.42 Å². The van der Waals surface area contributed by atoms with Gasteiger partial charge in [0.2, 0.25) is 5.78 Å². The summed E-state index contributed by atoms with van der Waals surface area (Å²) >= 11 is 11.7. The number of carbonyl (C=O) groups is 2. The molecule has 6 heteroatoms. The number of ether oxygens (including phenoxy) is 1. The number of carbonyl (C=O) groups excluding carboxylic acids is 2. The molecule has 0 amide bonds. The Balaban J connectivity index is 1.95. The van der Waals surface area contributed by atoms with E-state index < -0.39 is 24.2 Å². The molecule has 0 atom stereocenters. The lowest BCUT2D eigenvalue weighted by Gasteiger charge is -2.07. The van der Waals surface area contributed by atoms with Gasteiger partial charge >= 0.3 is 5.97 Å². The lowest BCUT2D eigenvalue weighted by atomic mass is 10.1. The van der Waals surface area contributed by atoms with E-state index in [-0.39, 0.29) is 22.6 Å². The summed E-state index contributed by atoms with van der Waals surface area (Å²) in [5.41, 5.74) is 0.383. The minimum atomic E-state index is -0.698. The number of hydrogen-bond acceptors (Lipinski definition) is 3. The zero-order valence-electron chi connectivity index (χ0n) is 11.3. The Kier molecular flexibility index (Phi) is 5.52. The van der Waals surface area contributed by atoms with Gasteiger partial charge in [-0.2, -0.15) is 0 Å². The lowest BCUT2D eigenvalue weighted by molar-refractivity contribution is -0.141. The third-order valence-corrected chi connectivity index (χ3v) is 3.45. The molecule has 2 rings (SSSR count). The van der Waals surface area contributed by atoms with E-state index in [4.69, 9.17) is 27.9 Å². The summed E-state index contributed by atoms with van der Waals surface area (Å²) in [7, 11) is 0. The second-order valence-corrected chi connectivity index (χ2v) is 5.32. The second-order valence-electron chi connectivity index (χ2n) is 4.48. The first-order valence-corrected chi connectivity index (χ1v) is 7.10. The second kappa shape index (κ2) is 7.38. The molecule has 114 valence electrons. The summed E-state index contributed by atoms with van der Waals surface area (Å²) in [5.74, 6) is -1.67. The van der Waals surface area contributed by atoms with Crippen LogP contribution >= 0.6 is 23.2 Å². The third-order valence-electron chi connectivity index (χ3n) is 2.89. The highest BCUT2D eigenvalue weighted by Gasteiger charge is 2.15. The summed E-state index contributed by atoms with van der Waals surface area (Å²) in [6.07, 6.45) is -0.247. The molecule has 0 unspecified atom stereocenters. The number of hydrogen-bond donors (Lipinski definition) is 0. The molecule has 0 saturated carbocycles. The maximum atomic E-state index is 13.4. The molecule has 0 spiro atoms. The molecule has 0 bridgehead atoms. The highest BCUT2D eigenvalue weighted by molar-refractivity contribution is 6.36.